The molecule has 0 atom stereocenters. The van der Waals surface area contributed by atoms with E-state index in [0.29, 0.717) is 6.54 Å². The number of aryl methyl sites for hydroxylation is 2. The van der Waals surface area contributed by atoms with E-state index in [2.05, 4.69) is 27.3 Å². The maximum Gasteiger partial charge on any atom is 0.244 e. The Balaban J connectivity index is 1.78. The highest BCUT2D eigenvalue weighted by Crippen LogP contribution is 2.21. The van der Waals surface area contributed by atoms with Gasteiger partial charge in [0.15, 0.2) is 0 Å². The average Bonchev–Trinajstić information content (AvgIpc) is 2.79. The summed E-state index contributed by atoms with van der Waals surface area (Å²) < 4.78 is 3.00. The zero-order chi connectivity index (χ0) is 15.7. The van der Waals surface area contributed by atoms with Gasteiger partial charge in [-0.05, 0) is 61.4 Å². The van der Waals surface area contributed by atoms with Gasteiger partial charge >= 0.3 is 0 Å². The van der Waals surface area contributed by atoms with Gasteiger partial charge in [0.05, 0.1) is 0 Å². The quantitative estimate of drug-likeness (QED) is 0.727. The number of hydrogen-bond acceptors (Lipinski definition) is 1. The molecule has 0 aliphatic carbocycles. The fourth-order valence-corrected chi connectivity index (χ4v) is 3.09. The van der Waals surface area contributed by atoms with Gasteiger partial charge in [-0.25, -0.2) is 0 Å². The van der Waals surface area contributed by atoms with Gasteiger partial charge in [-0.1, -0.05) is 22.0 Å². The molecule has 22 heavy (non-hydrogen) atoms. The minimum atomic E-state index is -0.0228. The Labute approximate surface area is 138 Å². The molecule has 3 aromatic rings. The fraction of sp³-hybridized carbons (Fsp3) is 0.167. The van der Waals surface area contributed by atoms with E-state index in [0.717, 1.165) is 32.2 Å². The Kier molecular flexibility index (Phi) is 4.03. The minimum Gasteiger partial charge on any atom is -0.338 e. The van der Waals surface area contributed by atoms with Crippen molar-refractivity contribution in [1.29, 1.82) is 0 Å². The first-order valence-corrected chi connectivity index (χ1v) is 7.93. The molecular weight excluding hydrogens is 340 g/mol. The number of nitrogens with zero attached hydrogens (tertiary/aromatic N) is 1. The largest absolute Gasteiger partial charge is 0.338 e. The summed E-state index contributed by atoms with van der Waals surface area (Å²) in [6.07, 6.45) is 1.94. The standard InChI is InChI=1S/C18H17BrN2O/c1-12-7-13(2)9-16(8-12)20-18(22)11-21-6-5-14-10-15(19)3-4-17(14)21/h3-10H,11H2,1-2H3,(H,20,22). The summed E-state index contributed by atoms with van der Waals surface area (Å²) in [5.41, 5.74) is 4.19. The SMILES string of the molecule is Cc1cc(C)cc(NC(=O)Cn2ccc3cc(Br)ccc32)c1. The van der Waals surface area contributed by atoms with Crippen LogP contribution in [0.1, 0.15) is 11.1 Å². The maximum absolute atomic E-state index is 12.3. The van der Waals surface area contributed by atoms with Crippen LogP contribution in [0.2, 0.25) is 0 Å². The number of carbonyl (C=O) groups is 1. The lowest BCUT2D eigenvalue weighted by Gasteiger charge is -2.09. The van der Waals surface area contributed by atoms with Crippen molar-refractivity contribution >= 4 is 38.4 Å². The molecule has 0 radical (unpaired) electrons. The van der Waals surface area contributed by atoms with Crippen molar-refractivity contribution in [3.63, 3.8) is 0 Å². The Bertz CT molecular complexity index is 831. The Morgan fingerprint density at radius 1 is 1.09 bits per heavy atom. The van der Waals surface area contributed by atoms with E-state index in [9.17, 15) is 4.79 Å². The molecule has 0 aliphatic rings. The highest BCUT2D eigenvalue weighted by molar-refractivity contribution is 9.10. The second-order valence-corrected chi connectivity index (χ2v) is 6.49. The first-order chi connectivity index (χ1) is 10.5. The van der Waals surface area contributed by atoms with Crippen LogP contribution in [0.15, 0.2) is 53.1 Å². The van der Waals surface area contributed by atoms with Gasteiger partial charge in [0.1, 0.15) is 6.54 Å². The molecule has 0 spiro atoms. The second kappa shape index (κ2) is 5.97. The molecule has 1 aromatic heterocycles. The van der Waals surface area contributed by atoms with Gasteiger partial charge in [-0.15, -0.1) is 0 Å². The molecule has 112 valence electrons. The summed E-state index contributed by atoms with van der Waals surface area (Å²) in [5.74, 6) is -0.0228. The predicted octanol–water partition coefficient (Wildman–Crippen LogP) is 4.66. The molecule has 3 nitrogen and oxygen atoms in total. The van der Waals surface area contributed by atoms with Crippen LogP contribution in [-0.2, 0) is 11.3 Å². The first kappa shape index (κ1) is 14.9. The van der Waals surface area contributed by atoms with E-state index in [-0.39, 0.29) is 5.91 Å². The Morgan fingerprint density at radius 2 is 1.82 bits per heavy atom. The summed E-state index contributed by atoms with van der Waals surface area (Å²) in [7, 11) is 0. The molecule has 4 heteroatoms. The number of rotatable bonds is 3. The van der Waals surface area contributed by atoms with Crippen LogP contribution in [0.3, 0.4) is 0 Å². The van der Waals surface area contributed by atoms with Crippen LogP contribution in [0, 0.1) is 13.8 Å². The summed E-state index contributed by atoms with van der Waals surface area (Å²) >= 11 is 3.46. The van der Waals surface area contributed by atoms with Gasteiger partial charge in [-0.2, -0.15) is 0 Å². The number of nitrogens with one attached hydrogen (secondary N) is 1. The van der Waals surface area contributed by atoms with E-state index >= 15 is 0 Å². The monoisotopic (exact) mass is 356 g/mol. The van der Waals surface area contributed by atoms with Crippen molar-refractivity contribution in [2.75, 3.05) is 5.32 Å². The molecule has 1 N–H and O–H groups in total. The number of anilines is 1. The van der Waals surface area contributed by atoms with E-state index in [1.54, 1.807) is 0 Å². The molecule has 1 amide bonds. The number of carbonyl (C=O) groups excluding carboxylic acids is 1. The van der Waals surface area contributed by atoms with Gasteiger partial charge in [0.25, 0.3) is 0 Å². The topological polar surface area (TPSA) is 34.0 Å². The number of aromatic nitrogens is 1. The number of amides is 1. The molecule has 0 unspecified atom stereocenters. The molecular formula is C18H17BrN2O. The van der Waals surface area contributed by atoms with Gasteiger partial charge in [0, 0.05) is 27.3 Å². The van der Waals surface area contributed by atoms with Crippen LogP contribution < -0.4 is 5.32 Å². The number of benzene rings is 2. The van der Waals surface area contributed by atoms with Crippen LogP contribution in [-0.4, -0.2) is 10.5 Å². The van der Waals surface area contributed by atoms with Crippen molar-refractivity contribution in [1.82, 2.24) is 4.57 Å². The minimum absolute atomic E-state index is 0.0228. The highest BCUT2D eigenvalue weighted by Gasteiger charge is 2.07. The van der Waals surface area contributed by atoms with Gasteiger partial charge in [-0.3, -0.25) is 4.79 Å². The predicted molar refractivity (Wildman–Crippen MR) is 94.2 cm³/mol. The third-order valence-corrected chi connectivity index (χ3v) is 4.05. The Hall–Kier alpha value is -2.07. The van der Waals surface area contributed by atoms with E-state index < -0.39 is 0 Å². The fourth-order valence-electron chi connectivity index (χ4n) is 2.71. The zero-order valence-corrected chi connectivity index (χ0v) is 14.1. The summed E-state index contributed by atoms with van der Waals surface area (Å²) in [6, 6.07) is 14.1. The van der Waals surface area contributed by atoms with Crippen LogP contribution >= 0.6 is 15.9 Å². The van der Waals surface area contributed by atoms with E-state index in [4.69, 9.17) is 0 Å². The molecule has 0 fully saturated rings. The molecule has 2 aromatic carbocycles. The molecule has 0 bridgehead atoms. The molecule has 0 saturated carbocycles. The van der Waals surface area contributed by atoms with E-state index in [1.165, 1.54) is 0 Å². The molecule has 1 heterocycles. The van der Waals surface area contributed by atoms with Gasteiger partial charge in [0.2, 0.25) is 5.91 Å². The molecule has 0 saturated heterocycles. The summed E-state index contributed by atoms with van der Waals surface area (Å²) in [6.45, 7) is 4.36. The third-order valence-electron chi connectivity index (χ3n) is 3.55. The number of halogens is 1. The van der Waals surface area contributed by atoms with Crippen LogP contribution in [0.4, 0.5) is 5.69 Å². The van der Waals surface area contributed by atoms with Crippen molar-refractivity contribution in [3.05, 3.63) is 64.3 Å². The van der Waals surface area contributed by atoms with Crippen LogP contribution in [0.25, 0.3) is 10.9 Å². The smallest absolute Gasteiger partial charge is 0.244 e. The third kappa shape index (κ3) is 3.22. The zero-order valence-electron chi connectivity index (χ0n) is 12.6. The average molecular weight is 357 g/mol. The molecule has 3 rings (SSSR count). The molecule has 0 aliphatic heterocycles. The maximum atomic E-state index is 12.3. The lowest BCUT2D eigenvalue weighted by molar-refractivity contribution is -0.116. The number of hydrogen-bond donors (Lipinski definition) is 1. The van der Waals surface area contributed by atoms with Crippen molar-refractivity contribution in [2.24, 2.45) is 0 Å². The second-order valence-electron chi connectivity index (χ2n) is 5.57. The number of fused-ring (bicyclic) bond motifs is 1. The Morgan fingerprint density at radius 3 is 2.55 bits per heavy atom. The van der Waals surface area contributed by atoms with E-state index in [1.807, 2.05) is 61.0 Å². The van der Waals surface area contributed by atoms with Gasteiger partial charge < -0.3 is 9.88 Å². The normalized spacial score (nSPS) is 10.9. The summed E-state index contributed by atoms with van der Waals surface area (Å²) in [5, 5.41) is 4.09. The van der Waals surface area contributed by atoms with Crippen molar-refractivity contribution < 1.29 is 4.79 Å². The highest BCUT2D eigenvalue weighted by atomic mass is 79.9. The van der Waals surface area contributed by atoms with Crippen molar-refractivity contribution in [3.8, 4) is 0 Å². The van der Waals surface area contributed by atoms with Crippen LogP contribution in [0.5, 0.6) is 0 Å². The lowest BCUT2D eigenvalue weighted by Crippen LogP contribution is -2.18. The van der Waals surface area contributed by atoms with Crippen molar-refractivity contribution in [2.45, 2.75) is 20.4 Å². The lowest BCUT2D eigenvalue weighted by atomic mass is 10.1. The first-order valence-electron chi connectivity index (χ1n) is 7.14. The summed E-state index contributed by atoms with van der Waals surface area (Å²) in [4.78, 5) is 12.3.